The summed E-state index contributed by atoms with van der Waals surface area (Å²) in [7, 11) is -3.30. The number of pyridine rings is 1. The maximum Gasteiger partial charge on any atom is 0.218 e. The molecule has 3 rings (SSSR count). The highest BCUT2D eigenvalue weighted by Crippen LogP contribution is 2.24. The fraction of sp³-hybridized carbons (Fsp3) is 0.312. The van der Waals surface area contributed by atoms with E-state index in [4.69, 9.17) is 11.6 Å². The molecular weight excluding hydrogens is 334 g/mol. The summed E-state index contributed by atoms with van der Waals surface area (Å²) in [4.78, 5) is 6.31. The van der Waals surface area contributed by atoms with Gasteiger partial charge >= 0.3 is 0 Å². The molecule has 1 aliphatic heterocycles. The first-order valence-electron chi connectivity index (χ1n) is 7.43. The van der Waals surface area contributed by atoms with Crippen LogP contribution in [0.15, 0.2) is 48.7 Å². The average Bonchev–Trinajstić information content (AvgIpc) is 2.56. The molecule has 1 aliphatic rings. The smallest absolute Gasteiger partial charge is 0.218 e. The van der Waals surface area contributed by atoms with Crippen LogP contribution < -0.4 is 4.90 Å². The molecule has 0 unspecified atom stereocenters. The summed E-state index contributed by atoms with van der Waals surface area (Å²) >= 11 is 6.16. The molecule has 122 valence electrons. The second-order valence-corrected chi connectivity index (χ2v) is 7.81. The van der Waals surface area contributed by atoms with Crippen molar-refractivity contribution < 1.29 is 8.42 Å². The van der Waals surface area contributed by atoms with Crippen molar-refractivity contribution in [2.45, 2.75) is 5.75 Å². The van der Waals surface area contributed by atoms with Crippen LogP contribution in [0.1, 0.15) is 5.56 Å². The molecule has 2 heterocycles. The minimum atomic E-state index is -3.30. The van der Waals surface area contributed by atoms with Gasteiger partial charge in [0.25, 0.3) is 0 Å². The molecule has 0 amide bonds. The fourth-order valence-electron chi connectivity index (χ4n) is 2.66. The van der Waals surface area contributed by atoms with Gasteiger partial charge < -0.3 is 4.90 Å². The summed E-state index contributed by atoms with van der Waals surface area (Å²) in [5.74, 6) is 0.757. The summed E-state index contributed by atoms with van der Waals surface area (Å²) in [6.45, 7) is 2.07. The molecule has 0 radical (unpaired) electrons. The molecule has 0 bridgehead atoms. The average molecular weight is 352 g/mol. The zero-order valence-electron chi connectivity index (χ0n) is 12.6. The molecule has 1 fully saturated rings. The van der Waals surface area contributed by atoms with E-state index in [1.165, 1.54) is 0 Å². The van der Waals surface area contributed by atoms with Gasteiger partial charge in [-0.05, 0) is 17.7 Å². The van der Waals surface area contributed by atoms with Crippen LogP contribution in [0, 0.1) is 0 Å². The number of benzene rings is 1. The summed E-state index contributed by atoms with van der Waals surface area (Å²) < 4.78 is 26.6. The van der Waals surface area contributed by atoms with Gasteiger partial charge in [-0.2, -0.15) is 4.31 Å². The minimum Gasteiger partial charge on any atom is -0.353 e. The summed E-state index contributed by atoms with van der Waals surface area (Å²) in [5, 5.41) is 0.591. The molecule has 1 saturated heterocycles. The predicted molar refractivity (Wildman–Crippen MR) is 92.1 cm³/mol. The van der Waals surface area contributed by atoms with Crippen LogP contribution in [0.3, 0.4) is 0 Å². The predicted octanol–water partition coefficient (Wildman–Crippen LogP) is 2.39. The van der Waals surface area contributed by atoms with Crippen molar-refractivity contribution in [1.82, 2.24) is 9.29 Å². The number of sulfonamides is 1. The number of anilines is 1. The van der Waals surface area contributed by atoms with E-state index >= 15 is 0 Å². The van der Waals surface area contributed by atoms with Gasteiger partial charge in [-0.25, -0.2) is 13.4 Å². The van der Waals surface area contributed by atoms with Crippen molar-refractivity contribution in [3.63, 3.8) is 0 Å². The van der Waals surface area contributed by atoms with Gasteiger partial charge in [-0.1, -0.05) is 41.9 Å². The van der Waals surface area contributed by atoms with E-state index in [0.29, 0.717) is 37.0 Å². The number of aromatic nitrogens is 1. The molecule has 0 spiro atoms. The van der Waals surface area contributed by atoms with E-state index in [9.17, 15) is 8.42 Å². The monoisotopic (exact) mass is 351 g/mol. The number of hydrogen-bond acceptors (Lipinski definition) is 4. The summed E-state index contributed by atoms with van der Waals surface area (Å²) in [6.07, 6.45) is 1.69. The zero-order chi connectivity index (χ0) is 16.3. The Morgan fingerprint density at radius 1 is 1.00 bits per heavy atom. The van der Waals surface area contributed by atoms with Crippen molar-refractivity contribution in [3.8, 4) is 0 Å². The summed E-state index contributed by atoms with van der Waals surface area (Å²) in [6, 6.07) is 12.8. The third-order valence-corrected chi connectivity index (χ3v) is 6.01. The third-order valence-electron chi connectivity index (χ3n) is 3.86. The number of nitrogens with zero attached hydrogens (tertiary/aromatic N) is 3. The van der Waals surface area contributed by atoms with Crippen LogP contribution in [-0.2, 0) is 15.8 Å². The molecule has 5 nitrogen and oxygen atoms in total. The molecule has 2 aromatic rings. The fourth-order valence-corrected chi connectivity index (χ4v) is 4.42. The van der Waals surface area contributed by atoms with Crippen LogP contribution in [0.2, 0.25) is 5.02 Å². The Bertz CT molecular complexity index is 760. The minimum absolute atomic E-state index is 0.0399. The van der Waals surface area contributed by atoms with Gasteiger partial charge in [0.15, 0.2) is 0 Å². The Morgan fingerprint density at radius 2 is 1.70 bits per heavy atom. The molecule has 1 aromatic carbocycles. The van der Waals surface area contributed by atoms with Gasteiger partial charge in [0.05, 0.1) is 10.8 Å². The number of hydrogen-bond donors (Lipinski definition) is 0. The third kappa shape index (κ3) is 3.83. The Kier molecular flexibility index (Phi) is 4.84. The Labute approximate surface area is 141 Å². The van der Waals surface area contributed by atoms with Crippen LogP contribution >= 0.6 is 11.6 Å². The summed E-state index contributed by atoms with van der Waals surface area (Å²) in [5.41, 5.74) is 0.808. The van der Waals surface area contributed by atoms with Gasteiger partial charge in [0.1, 0.15) is 5.82 Å². The molecular formula is C16H18ClN3O2S. The van der Waals surface area contributed by atoms with Gasteiger partial charge in [0, 0.05) is 32.4 Å². The van der Waals surface area contributed by atoms with Crippen LogP contribution in [0.25, 0.3) is 0 Å². The maximum atomic E-state index is 12.5. The lowest BCUT2D eigenvalue weighted by Crippen LogP contribution is -2.49. The van der Waals surface area contributed by atoms with E-state index in [0.717, 1.165) is 5.56 Å². The lowest BCUT2D eigenvalue weighted by atomic mass is 10.2. The van der Waals surface area contributed by atoms with E-state index in [2.05, 4.69) is 4.98 Å². The van der Waals surface area contributed by atoms with Crippen LogP contribution in [-0.4, -0.2) is 43.9 Å². The normalized spacial score (nSPS) is 16.5. The SMILES string of the molecule is O=S(=O)(Cc1ccccc1)N1CCN(c2ncccc2Cl)CC1. The van der Waals surface area contributed by atoms with Crippen molar-refractivity contribution >= 4 is 27.4 Å². The van der Waals surface area contributed by atoms with E-state index in [-0.39, 0.29) is 5.75 Å². The van der Waals surface area contributed by atoms with Gasteiger partial charge in [-0.3, -0.25) is 0 Å². The Hall–Kier alpha value is -1.63. The van der Waals surface area contributed by atoms with Crippen molar-refractivity contribution in [2.75, 3.05) is 31.1 Å². The quantitative estimate of drug-likeness (QED) is 0.848. The first kappa shape index (κ1) is 16.2. The molecule has 7 heteroatoms. The lowest BCUT2D eigenvalue weighted by molar-refractivity contribution is 0.383. The molecule has 0 aliphatic carbocycles. The van der Waals surface area contributed by atoms with Crippen LogP contribution in [0.4, 0.5) is 5.82 Å². The largest absolute Gasteiger partial charge is 0.353 e. The highest BCUT2D eigenvalue weighted by Gasteiger charge is 2.28. The molecule has 0 saturated carbocycles. The topological polar surface area (TPSA) is 53.5 Å². The maximum absolute atomic E-state index is 12.5. The molecule has 23 heavy (non-hydrogen) atoms. The number of piperazine rings is 1. The second kappa shape index (κ2) is 6.86. The standard InChI is InChI=1S/C16H18ClN3O2S/c17-15-7-4-8-18-16(15)19-9-11-20(12-10-19)23(21,22)13-14-5-2-1-3-6-14/h1-8H,9-13H2. The highest BCUT2D eigenvalue weighted by molar-refractivity contribution is 7.88. The zero-order valence-corrected chi connectivity index (χ0v) is 14.2. The Morgan fingerprint density at radius 3 is 2.35 bits per heavy atom. The van der Waals surface area contributed by atoms with Gasteiger partial charge in [0.2, 0.25) is 10.0 Å². The van der Waals surface area contributed by atoms with Gasteiger partial charge in [-0.15, -0.1) is 0 Å². The first-order chi connectivity index (χ1) is 11.1. The first-order valence-corrected chi connectivity index (χ1v) is 9.42. The van der Waals surface area contributed by atoms with E-state index in [1.54, 1.807) is 22.6 Å². The highest BCUT2D eigenvalue weighted by atomic mass is 35.5. The van der Waals surface area contributed by atoms with E-state index < -0.39 is 10.0 Å². The lowest BCUT2D eigenvalue weighted by Gasteiger charge is -2.35. The molecule has 1 aromatic heterocycles. The molecule has 0 N–H and O–H groups in total. The number of rotatable bonds is 4. The van der Waals surface area contributed by atoms with Crippen molar-refractivity contribution in [1.29, 1.82) is 0 Å². The Balaban J connectivity index is 1.65. The molecule has 0 atom stereocenters. The van der Waals surface area contributed by atoms with Crippen molar-refractivity contribution in [3.05, 3.63) is 59.2 Å². The number of halogens is 1. The van der Waals surface area contributed by atoms with E-state index in [1.807, 2.05) is 35.2 Å². The van der Waals surface area contributed by atoms with Crippen molar-refractivity contribution in [2.24, 2.45) is 0 Å². The second-order valence-electron chi connectivity index (χ2n) is 5.44. The van der Waals surface area contributed by atoms with Crippen LogP contribution in [0.5, 0.6) is 0 Å².